The van der Waals surface area contributed by atoms with Gasteiger partial charge in [0.05, 0.1) is 6.33 Å². The van der Waals surface area contributed by atoms with Crippen molar-refractivity contribution >= 4 is 18.1 Å². The Bertz CT molecular complexity index is 970. The molecule has 136 valence electrons. The normalized spacial score (nSPS) is 20.1. The molecule has 3 aromatic rings. The third-order valence-corrected chi connectivity index (χ3v) is 5.08. The molecule has 27 heavy (non-hydrogen) atoms. The second kappa shape index (κ2) is 6.50. The van der Waals surface area contributed by atoms with Crippen LogP contribution in [-0.4, -0.2) is 43.1 Å². The Kier molecular flexibility index (Phi) is 3.85. The van der Waals surface area contributed by atoms with Crippen molar-refractivity contribution in [1.82, 2.24) is 24.6 Å². The van der Waals surface area contributed by atoms with Gasteiger partial charge in [0, 0.05) is 49.1 Å². The summed E-state index contributed by atoms with van der Waals surface area (Å²) in [4.78, 5) is 22.6. The SMILES string of the molecule is O=C1CC(c2noc(/C=C/c3ccc(-n4ccnc4)cc3)n2)CN1C1CC1. The van der Waals surface area contributed by atoms with Crippen LogP contribution in [0, 0.1) is 0 Å². The van der Waals surface area contributed by atoms with Crippen molar-refractivity contribution in [1.29, 1.82) is 0 Å². The summed E-state index contributed by atoms with van der Waals surface area (Å²) in [6.45, 7) is 0.710. The molecule has 1 saturated carbocycles. The zero-order valence-electron chi connectivity index (χ0n) is 14.7. The molecule has 0 spiro atoms. The van der Waals surface area contributed by atoms with Gasteiger partial charge in [-0.2, -0.15) is 4.98 Å². The number of hydrogen-bond donors (Lipinski definition) is 0. The topological polar surface area (TPSA) is 77.0 Å². The van der Waals surface area contributed by atoms with Gasteiger partial charge in [0.2, 0.25) is 5.91 Å². The third-order valence-electron chi connectivity index (χ3n) is 5.08. The zero-order chi connectivity index (χ0) is 18.2. The fraction of sp³-hybridized carbons (Fsp3) is 0.300. The lowest BCUT2D eigenvalue weighted by Gasteiger charge is -2.13. The summed E-state index contributed by atoms with van der Waals surface area (Å²) in [6.07, 6.45) is 11.9. The van der Waals surface area contributed by atoms with Crippen LogP contribution in [0.1, 0.15) is 42.5 Å². The first-order chi connectivity index (χ1) is 13.3. The molecule has 5 rings (SSSR count). The Morgan fingerprint density at radius 3 is 2.74 bits per heavy atom. The molecule has 2 aromatic heterocycles. The Hall–Kier alpha value is -3.22. The van der Waals surface area contributed by atoms with E-state index in [1.807, 2.05) is 46.0 Å². The number of carbonyl (C=O) groups is 1. The van der Waals surface area contributed by atoms with E-state index in [0.717, 1.165) is 24.1 Å². The molecule has 1 atom stereocenters. The van der Waals surface area contributed by atoms with E-state index < -0.39 is 0 Å². The van der Waals surface area contributed by atoms with Crippen LogP contribution in [-0.2, 0) is 4.79 Å². The summed E-state index contributed by atoms with van der Waals surface area (Å²) >= 11 is 0. The van der Waals surface area contributed by atoms with E-state index in [0.29, 0.717) is 30.7 Å². The van der Waals surface area contributed by atoms with Gasteiger partial charge in [0.1, 0.15) is 0 Å². The van der Waals surface area contributed by atoms with E-state index in [-0.39, 0.29) is 11.8 Å². The van der Waals surface area contributed by atoms with Gasteiger partial charge in [0.25, 0.3) is 5.89 Å². The first kappa shape index (κ1) is 16.0. The molecule has 3 heterocycles. The van der Waals surface area contributed by atoms with Gasteiger partial charge >= 0.3 is 0 Å². The average Bonchev–Trinajstić information content (AvgIpc) is 3.10. The van der Waals surface area contributed by atoms with Crippen LogP contribution in [0.5, 0.6) is 0 Å². The fourth-order valence-electron chi connectivity index (χ4n) is 3.46. The van der Waals surface area contributed by atoms with Crippen LogP contribution in [0.2, 0.25) is 0 Å². The summed E-state index contributed by atoms with van der Waals surface area (Å²) in [5.74, 6) is 1.34. The summed E-state index contributed by atoms with van der Waals surface area (Å²) in [5.41, 5.74) is 2.09. The Morgan fingerprint density at radius 2 is 2.00 bits per heavy atom. The highest BCUT2D eigenvalue weighted by atomic mass is 16.5. The van der Waals surface area contributed by atoms with E-state index in [1.165, 1.54) is 0 Å². The van der Waals surface area contributed by atoms with Crippen LogP contribution in [0.3, 0.4) is 0 Å². The maximum atomic E-state index is 12.1. The van der Waals surface area contributed by atoms with Crippen molar-refractivity contribution in [3.63, 3.8) is 0 Å². The smallest absolute Gasteiger partial charge is 0.250 e. The number of hydrogen-bond acceptors (Lipinski definition) is 5. The fourth-order valence-corrected chi connectivity index (χ4v) is 3.46. The molecule has 7 heteroatoms. The maximum Gasteiger partial charge on any atom is 0.250 e. The van der Waals surface area contributed by atoms with E-state index >= 15 is 0 Å². The molecular formula is C20H19N5O2. The van der Waals surface area contributed by atoms with Gasteiger partial charge in [-0.25, -0.2) is 4.98 Å². The first-order valence-corrected chi connectivity index (χ1v) is 9.16. The lowest BCUT2D eigenvalue weighted by atomic mass is 10.1. The highest BCUT2D eigenvalue weighted by Gasteiger charge is 2.41. The molecule has 1 saturated heterocycles. The monoisotopic (exact) mass is 361 g/mol. The molecule has 1 aliphatic carbocycles. The van der Waals surface area contributed by atoms with E-state index in [1.54, 1.807) is 18.6 Å². The van der Waals surface area contributed by atoms with Crippen LogP contribution >= 0.6 is 0 Å². The molecule has 7 nitrogen and oxygen atoms in total. The van der Waals surface area contributed by atoms with Gasteiger partial charge in [-0.15, -0.1) is 0 Å². The molecule has 0 N–H and O–H groups in total. The van der Waals surface area contributed by atoms with Crippen molar-refractivity contribution in [3.8, 4) is 5.69 Å². The van der Waals surface area contributed by atoms with Gasteiger partial charge in [-0.05, 0) is 36.6 Å². The predicted molar refractivity (Wildman–Crippen MR) is 98.9 cm³/mol. The van der Waals surface area contributed by atoms with Crippen molar-refractivity contribution in [3.05, 3.63) is 60.3 Å². The number of likely N-dealkylation sites (tertiary alicyclic amines) is 1. The third kappa shape index (κ3) is 3.28. The quantitative estimate of drug-likeness (QED) is 0.698. The molecule has 1 aromatic carbocycles. The zero-order valence-corrected chi connectivity index (χ0v) is 14.7. The Labute approximate surface area is 156 Å². The number of carbonyl (C=O) groups excluding carboxylic acids is 1. The lowest BCUT2D eigenvalue weighted by Crippen LogP contribution is -2.27. The van der Waals surface area contributed by atoms with E-state index in [2.05, 4.69) is 15.1 Å². The average molecular weight is 361 g/mol. The van der Waals surface area contributed by atoms with Gasteiger partial charge in [0.15, 0.2) is 5.82 Å². The molecule has 1 amide bonds. The molecule has 1 aliphatic heterocycles. The van der Waals surface area contributed by atoms with Crippen LogP contribution in [0.15, 0.2) is 47.5 Å². The minimum Gasteiger partial charge on any atom is -0.339 e. The van der Waals surface area contributed by atoms with E-state index in [9.17, 15) is 4.79 Å². The largest absolute Gasteiger partial charge is 0.339 e. The molecule has 2 fully saturated rings. The first-order valence-electron chi connectivity index (χ1n) is 9.16. The van der Waals surface area contributed by atoms with Gasteiger partial charge in [-0.3, -0.25) is 4.79 Å². The van der Waals surface area contributed by atoms with Crippen LogP contribution < -0.4 is 0 Å². The number of rotatable bonds is 5. The summed E-state index contributed by atoms with van der Waals surface area (Å²) < 4.78 is 7.29. The second-order valence-corrected chi connectivity index (χ2v) is 7.06. The van der Waals surface area contributed by atoms with Crippen molar-refractivity contribution in [2.75, 3.05) is 6.54 Å². The summed E-state index contributed by atoms with van der Waals surface area (Å²) in [6, 6.07) is 8.53. The standard InChI is InChI=1S/C20H19N5O2/c26-19-11-15(12-25(19)17-6-7-17)20-22-18(27-23-20)8-3-14-1-4-16(5-2-14)24-10-9-21-13-24/h1-5,8-10,13,15,17H,6-7,11-12H2/b8-3+. The highest BCUT2D eigenvalue weighted by Crippen LogP contribution is 2.35. The second-order valence-electron chi connectivity index (χ2n) is 7.06. The number of amides is 1. The summed E-state index contributed by atoms with van der Waals surface area (Å²) in [7, 11) is 0. The van der Waals surface area contributed by atoms with Crippen molar-refractivity contribution < 1.29 is 9.32 Å². The maximum absolute atomic E-state index is 12.1. The van der Waals surface area contributed by atoms with Crippen LogP contribution in [0.25, 0.3) is 17.8 Å². The van der Waals surface area contributed by atoms with Gasteiger partial charge in [-0.1, -0.05) is 17.3 Å². The number of benzene rings is 1. The van der Waals surface area contributed by atoms with Crippen molar-refractivity contribution in [2.45, 2.75) is 31.2 Å². The number of imidazole rings is 1. The lowest BCUT2D eigenvalue weighted by molar-refractivity contribution is -0.128. The minimum absolute atomic E-state index is 0.0402. The van der Waals surface area contributed by atoms with Gasteiger partial charge < -0.3 is 14.0 Å². The highest BCUT2D eigenvalue weighted by molar-refractivity contribution is 5.80. The molecule has 0 radical (unpaired) electrons. The van der Waals surface area contributed by atoms with E-state index in [4.69, 9.17) is 4.52 Å². The predicted octanol–water partition coefficient (Wildman–Crippen LogP) is 2.90. The molecule has 0 bridgehead atoms. The minimum atomic E-state index is 0.0402. The Balaban J connectivity index is 1.26. The molecule has 2 aliphatic rings. The number of aromatic nitrogens is 4. The summed E-state index contributed by atoms with van der Waals surface area (Å²) in [5, 5.41) is 4.08. The van der Waals surface area contributed by atoms with Crippen LogP contribution in [0.4, 0.5) is 0 Å². The molecule has 1 unspecified atom stereocenters. The number of nitrogens with zero attached hydrogens (tertiary/aromatic N) is 5. The van der Waals surface area contributed by atoms with Crippen molar-refractivity contribution in [2.24, 2.45) is 0 Å². The molecular weight excluding hydrogens is 342 g/mol. The Morgan fingerprint density at radius 1 is 1.15 bits per heavy atom.